The summed E-state index contributed by atoms with van der Waals surface area (Å²) < 4.78 is 19.2. The molecule has 0 fully saturated rings. The molecule has 0 bridgehead atoms. The number of hydrogen-bond acceptors (Lipinski definition) is 4. The van der Waals surface area contributed by atoms with Gasteiger partial charge in [0.25, 0.3) is 0 Å². The van der Waals surface area contributed by atoms with Crippen molar-refractivity contribution in [3.8, 4) is 5.75 Å². The molecule has 0 aliphatic rings. The minimum atomic E-state index is -0.915. The van der Waals surface area contributed by atoms with E-state index in [1.165, 1.54) is 0 Å². The molecular formula is C29H33N2O3+. The van der Waals surface area contributed by atoms with Crippen LogP contribution < -0.4 is 4.74 Å². The maximum absolute atomic E-state index is 6.38. The van der Waals surface area contributed by atoms with Gasteiger partial charge in [0.1, 0.15) is 12.3 Å². The molecule has 0 spiro atoms. The van der Waals surface area contributed by atoms with Crippen LogP contribution in [0.1, 0.15) is 29.2 Å². The van der Waals surface area contributed by atoms with Crippen LogP contribution in [0.2, 0.25) is 0 Å². The first kappa shape index (κ1) is 23.7. The molecule has 5 heteroatoms. The van der Waals surface area contributed by atoms with Crippen LogP contribution in [-0.4, -0.2) is 43.8 Å². The molecule has 0 amide bonds. The second-order valence-electron chi connectivity index (χ2n) is 9.08. The fourth-order valence-corrected chi connectivity index (χ4v) is 4.33. The third-order valence-electron chi connectivity index (χ3n) is 6.03. The number of rotatable bonds is 11. The standard InChI is InChI=1S/C29H33N2O3/c1-31(2,20-13-21-33-26-18-11-6-12-19-26)23-27-22-30-28(34-27)29(32-3,24-14-7-4-8-15-24)25-16-9-5-10-17-25/h4-12,14-19,22H,13,20-21,23H2,1-3H3/q+1. The van der Waals surface area contributed by atoms with Gasteiger partial charge in [-0.3, -0.25) is 0 Å². The summed E-state index contributed by atoms with van der Waals surface area (Å²) in [7, 11) is 6.10. The first-order chi connectivity index (χ1) is 16.5. The van der Waals surface area contributed by atoms with Gasteiger partial charge >= 0.3 is 0 Å². The molecule has 4 rings (SSSR count). The molecule has 5 nitrogen and oxygen atoms in total. The number of methoxy groups -OCH3 is 1. The average molecular weight is 458 g/mol. The molecule has 3 aromatic carbocycles. The van der Waals surface area contributed by atoms with Gasteiger partial charge in [-0.15, -0.1) is 0 Å². The summed E-state index contributed by atoms with van der Waals surface area (Å²) in [5.74, 6) is 2.28. The van der Waals surface area contributed by atoms with E-state index >= 15 is 0 Å². The highest BCUT2D eigenvalue weighted by Crippen LogP contribution is 2.39. The molecule has 0 unspecified atom stereocenters. The van der Waals surface area contributed by atoms with Gasteiger partial charge in [0.05, 0.1) is 33.4 Å². The smallest absolute Gasteiger partial charge is 0.236 e. The summed E-state index contributed by atoms with van der Waals surface area (Å²) in [6.07, 6.45) is 2.77. The summed E-state index contributed by atoms with van der Waals surface area (Å²) in [5, 5.41) is 0. The number of para-hydroxylation sites is 1. The normalized spacial score (nSPS) is 12.0. The lowest BCUT2D eigenvalue weighted by Crippen LogP contribution is -2.40. The van der Waals surface area contributed by atoms with Crippen LogP contribution >= 0.6 is 0 Å². The second-order valence-corrected chi connectivity index (χ2v) is 9.08. The molecule has 1 heterocycles. The second kappa shape index (κ2) is 10.7. The maximum atomic E-state index is 6.38. The van der Waals surface area contributed by atoms with Gasteiger partial charge in [-0.25, -0.2) is 4.98 Å². The monoisotopic (exact) mass is 457 g/mol. The molecule has 4 aromatic rings. The Balaban J connectivity index is 1.50. The highest BCUT2D eigenvalue weighted by atomic mass is 16.5. The van der Waals surface area contributed by atoms with E-state index < -0.39 is 5.60 Å². The Morgan fingerprint density at radius 1 is 0.824 bits per heavy atom. The van der Waals surface area contributed by atoms with Gasteiger partial charge in [-0.1, -0.05) is 78.9 Å². The minimum absolute atomic E-state index is 0.537. The summed E-state index contributed by atoms with van der Waals surface area (Å²) in [5.41, 5.74) is 1.04. The van der Waals surface area contributed by atoms with Crippen LogP contribution in [0.25, 0.3) is 0 Å². The molecule has 176 valence electrons. The molecular weight excluding hydrogens is 424 g/mol. The van der Waals surface area contributed by atoms with E-state index in [1.807, 2.05) is 97.2 Å². The number of nitrogens with zero attached hydrogens (tertiary/aromatic N) is 2. The number of oxazole rings is 1. The molecule has 1 aromatic heterocycles. The zero-order valence-electron chi connectivity index (χ0n) is 20.2. The van der Waals surface area contributed by atoms with E-state index in [2.05, 4.69) is 14.1 Å². The first-order valence-corrected chi connectivity index (χ1v) is 11.6. The fraction of sp³-hybridized carbons (Fsp3) is 0.276. The van der Waals surface area contributed by atoms with Gasteiger partial charge < -0.3 is 18.4 Å². The highest BCUT2D eigenvalue weighted by Gasteiger charge is 2.41. The summed E-state index contributed by atoms with van der Waals surface area (Å²) in [4.78, 5) is 4.71. The Morgan fingerprint density at radius 2 is 1.38 bits per heavy atom. The fourth-order valence-electron chi connectivity index (χ4n) is 4.33. The van der Waals surface area contributed by atoms with Crippen LogP contribution in [0.15, 0.2) is 102 Å². The van der Waals surface area contributed by atoms with Crippen molar-refractivity contribution in [2.24, 2.45) is 0 Å². The molecule has 0 radical (unpaired) electrons. The Kier molecular flexibility index (Phi) is 7.46. The van der Waals surface area contributed by atoms with E-state index in [-0.39, 0.29) is 0 Å². The predicted octanol–water partition coefficient (Wildman–Crippen LogP) is 5.66. The lowest BCUT2D eigenvalue weighted by atomic mass is 9.86. The third-order valence-corrected chi connectivity index (χ3v) is 6.03. The zero-order valence-corrected chi connectivity index (χ0v) is 20.2. The van der Waals surface area contributed by atoms with Gasteiger partial charge in [0.15, 0.2) is 11.4 Å². The summed E-state index contributed by atoms with van der Waals surface area (Å²) >= 11 is 0. The summed E-state index contributed by atoms with van der Waals surface area (Å²) in [6.45, 7) is 2.36. The van der Waals surface area contributed by atoms with Crippen LogP contribution in [-0.2, 0) is 16.9 Å². The van der Waals surface area contributed by atoms with E-state index in [0.29, 0.717) is 12.5 Å². The van der Waals surface area contributed by atoms with Crippen LogP contribution in [0, 0.1) is 0 Å². The summed E-state index contributed by atoms with van der Waals surface area (Å²) in [6, 6.07) is 30.2. The van der Waals surface area contributed by atoms with Crippen LogP contribution in [0.3, 0.4) is 0 Å². The highest BCUT2D eigenvalue weighted by molar-refractivity contribution is 5.42. The lowest BCUT2D eigenvalue weighted by molar-refractivity contribution is -0.904. The largest absolute Gasteiger partial charge is 0.493 e. The predicted molar refractivity (Wildman–Crippen MR) is 134 cm³/mol. The molecule has 0 saturated carbocycles. The van der Waals surface area contributed by atoms with Crippen molar-refractivity contribution in [3.63, 3.8) is 0 Å². The Morgan fingerprint density at radius 3 is 1.94 bits per heavy atom. The van der Waals surface area contributed by atoms with Crippen molar-refractivity contribution < 1.29 is 18.4 Å². The van der Waals surface area contributed by atoms with Gasteiger partial charge in [0, 0.05) is 13.5 Å². The van der Waals surface area contributed by atoms with Crippen molar-refractivity contribution in [2.45, 2.75) is 18.6 Å². The molecule has 0 N–H and O–H groups in total. The van der Waals surface area contributed by atoms with E-state index in [4.69, 9.17) is 18.9 Å². The number of ether oxygens (including phenoxy) is 2. The molecule has 0 atom stereocenters. The topological polar surface area (TPSA) is 44.5 Å². The quantitative estimate of drug-likeness (QED) is 0.215. The maximum Gasteiger partial charge on any atom is 0.236 e. The third kappa shape index (κ3) is 5.38. The van der Waals surface area contributed by atoms with Gasteiger partial charge in [0.2, 0.25) is 5.89 Å². The van der Waals surface area contributed by atoms with Crippen LogP contribution in [0.4, 0.5) is 0 Å². The molecule has 0 aliphatic heterocycles. The van der Waals surface area contributed by atoms with Crippen LogP contribution in [0.5, 0.6) is 5.75 Å². The Labute approximate surface area is 202 Å². The Hall–Kier alpha value is -3.41. The number of benzene rings is 3. The van der Waals surface area contributed by atoms with E-state index in [1.54, 1.807) is 7.11 Å². The Bertz CT molecular complexity index is 1100. The number of hydrogen-bond donors (Lipinski definition) is 0. The van der Waals surface area contributed by atoms with Crippen molar-refractivity contribution in [2.75, 3.05) is 34.4 Å². The first-order valence-electron chi connectivity index (χ1n) is 11.6. The van der Waals surface area contributed by atoms with Crippen molar-refractivity contribution in [3.05, 3.63) is 120 Å². The number of quaternary nitrogens is 1. The van der Waals surface area contributed by atoms with Crippen molar-refractivity contribution >= 4 is 0 Å². The molecule has 0 saturated heterocycles. The van der Waals surface area contributed by atoms with Crippen molar-refractivity contribution in [1.29, 1.82) is 0 Å². The van der Waals surface area contributed by atoms with Gasteiger partial charge in [-0.2, -0.15) is 0 Å². The number of aromatic nitrogens is 1. The van der Waals surface area contributed by atoms with Crippen molar-refractivity contribution in [1.82, 2.24) is 4.98 Å². The van der Waals surface area contributed by atoms with E-state index in [9.17, 15) is 0 Å². The van der Waals surface area contributed by atoms with Gasteiger partial charge in [-0.05, 0) is 23.3 Å². The minimum Gasteiger partial charge on any atom is -0.493 e. The molecule has 34 heavy (non-hydrogen) atoms. The lowest BCUT2D eigenvalue weighted by Gasteiger charge is -2.31. The average Bonchev–Trinajstić information content (AvgIpc) is 3.32. The zero-order chi connectivity index (χ0) is 23.9. The SMILES string of the molecule is COC(c1ccccc1)(c1ccccc1)c1ncc(C[N+](C)(C)CCCOc2ccccc2)o1. The molecule has 0 aliphatic carbocycles. The van der Waals surface area contributed by atoms with E-state index in [0.717, 1.165) is 46.6 Å².